The van der Waals surface area contributed by atoms with E-state index in [0.717, 1.165) is 17.2 Å². The average Bonchev–Trinajstić information content (AvgIpc) is 3.16. The van der Waals surface area contributed by atoms with Crippen LogP contribution in [-0.4, -0.2) is 51.6 Å². The number of alkyl halides is 3. The fraction of sp³-hybridized carbons (Fsp3) is 0.478. The fourth-order valence-corrected chi connectivity index (χ4v) is 4.82. The summed E-state index contributed by atoms with van der Waals surface area (Å²) >= 11 is 6.72. The van der Waals surface area contributed by atoms with Gasteiger partial charge in [-0.2, -0.15) is 0 Å². The minimum absolute atomic E-state index is 0.0133. The number of carbonyl (C=O) groups excluding carboxylic acids is 3. The van der Waals surface area contributed by atoms with E-state index in [1.807, 2.05) is 0 Å². The van der Waals surface area contributed by atoms with Crippen LogP contribution in [0.15, 0.2) is 42.8 Å². The molecule has 2 N–H and O–H groups in total. The van der Waals surface area contributed by atoms with Gasteiger partial charge in [0.25, 0.3) is 5.92 Å². The molecule has 3 aliphatic rings. The van der Waals surface area contributed by atoms with Crippen LogP contribution in [0.3, 0.4) is 0 Å². The summed E-state index contributed by atoms with van der Waals surface area (Å²) in [6, 6.07) is -1.99. The van der Waals surface area contributed by atoms with Gasteiger partial charge in [0.05, 0.1) is 23.0 Å². The first-order valence-corrected chi connectivity index (χ1v) is 11.3. The number of aromatic nitrogens is 1. The maximum atomic E-state index is 14.1. The van der Waals surface area contributed by atoms with Gasteiger partial charge in [0.1, 0.15) is 17.9 Å². The number of nitrogens with zero attached hydrogens (tertiary/aromatic N) is 2. The minimum Gasteiger partial charge on any atom is -0.351 e. The van der Waals surface area contributed by atoms with Crippen LogP contribution >= 0.6 is 11.6 Å². The lowest BCUT2D eigenvalue weighted by molar-refractivity contribution is -0.134. The summed E-state index contributed by atoms with van der Waals surface area (Å²) in [5, 5.41) is 5.16. The lowest BCUT2D eigenvalue weighted by atomic mass is 9.80. The Hall–Kier alpha value is -2.88. The molecular formula is C23H24ClF3N4O3. The van der Waals surface area contributed by atoms with Gasteiger partial charge >= 0.3 is 0 Å². The van der Waals surface area contributed by atoms with Crippen molar-refractivity contribution < 1.29 is 27.6 Å². The number of halogens is 4. The van der Waals surface area contributed by atoms with Gasteiger partial charge in [-0.3, -0.25) is 24.3 Å². The number of rotatable bonds is 6. The molecule has 2 aliphatic carbocycles. The maximum Gasteiger partial charge on any atom is 0.252 e. The SMILES string of the molecule is CC1(Cl)C=CC=CC1[C@@H](C(=O)NC1CC(F)(F)C1)N(C(=O)[C@@H]1CCC(=O)N1)c1cncc(F)c1. The quantitative estimate of drug-likeness (QED) is 0.592. The van der Waals surface area contributed by atoms with E-state index in [0.29, 0.717) is 0 Å². The molecule has 1 aromatic rings. The Morgan fingerprint density at radius 1 is 1.29 bits per heavy atom. The lowest BCUT2D eigenvalue weighted by Gasteiger charge is -2.43. The van der Waals surface area contributed by atoms with Crippen LogP contribution in [0.5, 0.6) is 0 Å². The molecule has 0 radical (unpaired) electrons. The monoisotopic (exact) mass is 496 g/mol. The molecule has 0 spiro atoms. The van der Waals surface area contributed by atoms with E-state index in [1.165, 1.54) is 6.20 Å². The van der Waals surface area contributed by atoms with Gasteiger partial charge in [-0.15, -0.1) is 11.6 Å². The van der Waals surface area contributed by atoms with Crippen LogP contribution in [0, 0.1) is 11.7 Å². The highest BCUT2D eigenvalue weighted by Crippen LogP contribution is 2.40. The number of carbonyl (C=O) groups is 3. The van der Waals surface area contributed by atoms with Crippen LogP contribution in [0.4, 0.5) is 18.9 Å². The molecule has 3 amide bonds. The Kier molecular flexibility index (Phi) is 6.46. The summed E-state index contributed by atoms with van der Waals surface area (Å²) in [6.07, 6.45) is 8.11. The van der Waals surface area contributed by atoms with Gasteiger partial charge < -0.3 is 10.6 Å². The zero-order chi connectivity index (χ0) is 24.7. The van der Waals surface area contributed by atoms with Gasteiger partial charge in [0.15, 0.2) is 0 Å². The summed E-state index contributed by atoms with van der Waals surface area (Å²) in [5.41, 5.74) is -0.0133. The van der Waals surface area contributed by atoms with Crippen LogP contribution < -0.4 is 15.5 Å². The first-order chi connectivity index (χ1) is 16.0. The largest absolute Gasteiger partial charge is 0.351 e. The number of allylic oxidation sites excluding steroid dienone is 3. The molecule has 1 saturated carbocycles. The molecule has 1 saturated heterocycles. The van der Waals surface area contributed by atoms with Gasteiger partial charge in [-0.25, -0.2) is 13.2 Å². The second-order valence-electron chi connectivity index (χ2n) is 9.06. The molecule has 0 bridgehead atoms. The number of amides is 3. The Bertz CT molecular complexity index is 1050. The third-order valence-corrected chi connectivity index (χ3v) is 6.70. The van der Waals surface area contributed by atoms with Gasteiger partial charge in [-0.05, 0) is 13.3 Å². The molecule has 2 heterocycles. The van der Waals surface area contributed by atoms with Crippen LogP contribution in [-0.2, 0) is 14.4 Å². The van der Waals surface area contributed by atoms with E-state index in [2.05, 4.69) is 15.6 Å². The molecule has 7 nitrogen and oxygen atoms in total. The molecule has 11 heteroatoms. The highest BCUT2D eigenvalue weighted by Gasteiger charge is 2.50. The second-order valence-corrected chi connectivity index (χ2v) is 9.88. The zero-order valence-corrected chi connectivity index (χ0v) is 19.1. The number of pyridine rings is 1. The van der Waals surface area contributed by atoms with E-state index >= 15 is 0 Å². The number of anilines is 1. The summed E-state index contributed by atoms with van der Waals surface area (Å²) in [6.45, 7) is 1.65. The molecule has 0 aromatic carbocycles. The number of hydrogen-bond donors (Lipinski definition) is 2. The first-order valence-electron chi connectivity index (χ1n) is 10.9. The topological polar surface area (TPSA) is 91.4 Å². The van der Waals surface area contributed by atoms with Gasteiger partial charge in [0.2, 0.25) is 17.7 Å². The summed E-state index contributed by atoms with van der Waals surface area (Å²) in [5.74, 6) is -6.08. The third kappa shape index (κ3) is 4.96. The van der Waals surface area contributed by atoms with Crippen LogP contribution in [0.1, 0.15) is 32.6 Å². The van der Waals surface area contributed by atoms with Crippen LogP contribution in [0.2, 0.25) is 0 Å². The molecular weight excluding hydrogens is 473 g/mol. The van der Waals surface area contributed by atoms with Crippen molar-refractivity contribution in [1.82, 2.24) is 15.6 Å². The molecule has 1 aliphatic heterocycles. The maximum absolute atomic E-state index is 14.1. The van der Waals surface area contributed by atoms with E-state index in [1.54, 1.807) is 31.2 Å². The van der Waals surface area contributed by atoms with Crippen molar-refractivity contribution in [1.29, 1.82) is 0 Å². The Balaban J connectivity index is 1.76. The van der Waals surface area contributed by atoms with Gasteiger partial charge in [0, 0.05) is 37.3 Å². The Morgan fingerprint density at radius 3 is 2.62 bits per heavy atom. The molecule has 4 atom stereocenters. The van der Waals surface area contributed by atoms with E-state index in [9.17, 15) is 27.6 Å². The second kappa shape index (κ2) is 9.05. The first kappa shape index (κ1) is 24.3. The lowest BCUT2D eigenvalue weighted by Crippen LogP contribution is -2.62. The molecule has 182 valence electrons. The smallest absolute Gasteiger partial charge is 0.252 e. The Morgan fingerprint density at radius 2 is 2.03 bits per heavy atom. The third-order valence-electron chi connectivity index (χ3n) is 6.33. The van der Waals surface area contributed by atoms with E-state index in [4.69, 9.17) is 11.6 Å². The van der Waals surface area contributed by atoms with Crippen molar-refractivity contribution in [3.63, 3.8) is 0 Å². The standard InChI is InChI=1S/C23H24ClF3N4O3/c1-22(24)7-3-2-4-16(22)19(20(33)29-14-9-23(26,27)10-14)31(15-8-13(25)11-28-12-15)21(34)17-5-6-18(32)30-17/h2-4,7-8,11-12,14,16-17,19H,5-6,9-10H2,1H3,(H,29,33)(H,30,32)/t16?,17-,19-,22?/m0/s1. The summed E-state index contributed by atoms with van der Waals surface area (Å²) in [7, 11) is 0. The van der Waals surface area contributed by atoms with E-state index in [-0.39, 0.29) is 24.4 Å². The van der Waals surface area contributed by atoms with Crippen molar-refractivity contribution in [2.75, 3.05) is 4.90 Å². The highest BCUT2D eigenvalue weighted by molar-refractivity contribution is 6.26. The predicted molar refractivity (Wildman–Crippen MR) is 119 cm³/mol. The molecule has 34 heavy (non-hydrogen) atoms. The number of nitrogens with one attached hydrogen (secondary N) is 2. The molecule has 2 unspecified atom stereocenters. The normalized spacial score (nSPS) is 28.7. The van der Waals surface area contributed by atoms with Crippen molar-refractivity contribution in [3.05, 3.63) is 48.6 Å². The zero-order valence-electron chi connectivity index (χ0n) is 18.3. The minimum atomic E-state index is -2.86. The van der Waals surface area contributed by atoms with Gasteiger partial charge in [-0.1, -0.05) is 24.3 Å². The van der Waals surface area contributed by atoms with Crippen LogP contribution in [0.25, 0.3) is 0 Å². The molecule has 1 aromatic heterocycles. The van der Waals surface area contributed by atoms with Crippen molar-refractivity contribution >= 4 is 35.0 Å². The molecule has 4 rings (SSSR count). The predicted octanol–water partition coefficient (Wildman–Crippen LogP) is 2.85. The summed E-state index contributed by atoms with van der Waals surface area (Å²) in [4.78, 5) is 42.8. The van der Waals surface area contributed by atoms with Crippen molar-refractivity contribution in [2.24, 2.45) is 5.92 Å². The average molecular weight is 497 g/mol. The van der Waals surface area contributed by atoms with Crippen molar-refractivity contribution in [3.8, 4) is 0 Å². The Labute approximate surface area is 199 Å². The highest BCUT2D eigenvalue weighted by atomic mass is 35.5. The molecule has 2 fully saturated rings. The number of hydrogen-bond acceptors (Lipinski definition) is 4. The fourth-order valence-electron chi connectivity index (χ4n) is 4.56. The summed E-state index contributed by atoms with van der Waals surface area (Å²) < 4.78 is 41.0. The van der Waals surface area contributed by atoms with Crippen molar-refractivity contribution in [2.45, 2.75) is 61.5 Å². The van der Waals surface area contributed by atoms with E-state index < -0.39 is 65.3 Å².